The molecule has 18 heavy (non-hydrogen) atoms. The molecule has 1 heterocycles. The summed E-state index contributed by atoms with van der Waals surface area (Å²) < 4.78 is 0. The van der Waals surface area contributed by atoms with Gasteiger partial charge in [-0.15, -0.1) is 24.0 Å². The fourth-order valence-corrected chi connectivity index (χ4v) is 2.43. The Morgan fingerprint density at radius 2 is 2.00 bits per heavy atom. The maximum absolute atomic E-state index is 5.87. The zero-order valence-electron chi connectivity index (χ0n) is 11.8. The molecule has 2 rings (SSSR count). The van der Waals surface area contributed by atoms with Crippen molar-refractivity contribution in [1.29, 1.82) is 0 Å². The van der Waals surface area contributed by atoms with Crippen LogP contribution in [0.3, 0.4) is 0 Å². The van der Waals surface area contributed by atoms with E-state index in [1.165, 1.54) is 32.4 Å². The molecule has 0 amide bonds. The first-order chi connectivity index (χ1) is 7.94. The van der Waals surface area contributed by atoms with Crippen LogP contribution in [0.2, 0.25) is 0 Å². The molecule has 1 saturated carbocycles. The van der Waals surface area contributed by atoms with Gasteiger partial charge >= 0.3 is 0 Å². The summed E-state index contributed by atoms with van der Waals surface area (Å²) in [5.74, 6) is 1.29. The molecule has 1 aliphatic carbocycles. The predicted octanol–water partition coefficient (Wildman–Crippen LogP) is 1.79. The van der Waals surface area contributed by atoms with Gasteiger partial charge in [0.25, 0.3) is 0 Å². The molecular formula is C13H27IN4. The first-order valence-corrected chi connectivity index (χ1v) is 6.76. The number of nitrogens with two attached hydrogens (primary N) is 1. The number of hydrogen-bond acceptors (Lipinski definition) is 2. The maximum Gasteiger partial charge on any atom is 0.188 e. The minimum absolute atomic E-state index is 0. The average Bonchev–Trinajstić information content (AvgIpc) is 2.93. The van der Waals surface area contributed by atoms with Crippen molar-refractivity contribution in [3.63, 3.8) is 0 Å². The van der Waals surface area contributed by atoms with Crippen LogP contribution in [0.4, 0.5) is 0 Å². The molecule has 2 aliphatic rings. The summed E-state index contributed by atoms with van der Waals surface area (Å²) in [4.78, 5) is 7.08. The van der Waals surface area contributed by atoms with Crippen LogP contribution in [0.5, 0.6) is 0 Å². The van der Waals surface area contributed by atoms with Crippen molar-refractivity contribution in [3.8, 4) is 0 Å². The SMILES string of the molecule is CC(C)(C)NC(N)=NCC1CCN(C2CC2)C1.I. The highest BCUT2D eigenvalue weighted by Gasteiger charge is 2.34. The highest BCUT2D eigenvalue weighted by molar-refractivity contribution is 14.0. The molecule has 0 bridgehead atoms. The number of rotatable bonds is 3. The van der Waals surface area contributed by atoms with E-state index in [0.717, 1.165) is 12.6 Å². The van der Waals surface area contributed by atoms with Crippen LogP contribution < -0.4 is 11.1 Å². The van der Waals surface area contributed by atoms with Gasteiger partial charge in [0.05, 0.1) is 0 Å². The van der Waals surface area contributed by atoms with E-state index in [0.29, 0.717) is 11.9 Å². The molecular weight excluding hydrogens is 339 g/mol. The van der Waals surface area contributed by atoms with Gasteiger partial charge in [0, 0.05) is 24.7 Å². The quantitative estimate of drug-likeness (QED) is 0.455. The smallest absolute Gasteiger partial charge is 0.188 e. The average molecular weight is 366 g/mol. The largest absolute Gasteiger partial charge is 0.370 e. The summed E-state index contributed by atoms with van der Waals surface area (Å²) in [7, 11) is 0. The number of nitrogens with one attached hydrogen (secondary N) is 1. The molecule has 5 heteroatoms. The minimum Gasteiger partial charge on any atom is -0.370 e. The molecule has 4 nitrogen and oxygen atoms in total. The standard InChI is InChI=1S/C13H26N4.HI/c1-13(2,3)16-12(14)15-8-10-6-7-17(9-10)11-4-5-11;/h10-11H,4-9H2,1-3H3,(H3,14,15,16);1H. The number of likely N-dealkylation sites (tertiary alicyclic amines) is 1. The van der Waals surface area contributed by atoms with E-state index in [-0.39, 0.29) is 29.5 Å². The van der Waals surface area contributed by atoms with Gasteiger partial charge in [0.15, 0.2) is 5.96 Å². The summed E-state index contributed by atoms with van der Waals surface area (Å²) >= 11 is 0. The Kier molecular flexibility index (Phi) is 5.70. The van der Waals surface area contributed by atoms with Gasteiger partial charge in [0.1, 0.15) is 0 Å². The first-order valence-electron chi connectivity index (χ1n) is 6.76. The topological polar surface area (TPSA) is 53.6 Å². The van der Waals surface area contributed by atoms with Gasteiger partial charge in [0.2, 0.25) is 0 Å². The fourth-order valence-electron chi connectivity index (χ4n) is 2.43. The molecule has 1 unspecified atom stereocenters. The molecule has 1 aliphatic heterocycles. The Labute approximate surface area is 128 Å². The molecule has 106 valence electrons. The Morgan fingerprint density at radius 1 is 1.33 bits per heavy atom. The number of halogens is 1. The lowest BCUT2D eigenvalue weighted by Gasteiger charge is -2.21. The summed E-state index contributed by atoms with van der Waals surface area (Å²) in [6.45, 7) is 9.64. The lowest BCUT2D eigenvalue weighted by Crippen LogP contribution is -2.45. The van der Waals surface area contributed by atoms with Crippen LogP contribution in [0.25, 0.3) is 0 Å². The highest BCUT2D eigenvalue weighted by atomic mass is 127. The molecule has 0 aromatic carbocycles. The van der Waals surface area contributed by atoms with Crippen LogP contribution in [0.1, 0.15) is 40.0 Å². The second-order valence-corrected chi connectivity index (χ2v) is 6.48. The van der Waals surface area contributed by atoms with Crippen molar-refractivity contribution in [2.75, 3.05) is 19.6 Å². The van der Waals surface area contributed by atoms with Gasteiger partial charge in [-0.05, 0) is 52.5 Å². The molecule has 1 atom stereocenters. The zero-order valence-corrected chi connectivity index (χ0v) is 14.1. The summed E-state index contributed by atoms with van der Waals surface area (Å²) in [5.41, 5.74) is 5.87. The fraction of sp³-hybridized carbons (Fsp3) is 0.923. The maximum atomic E-state index is 5.87. The van der Waals surface area contributed by atoms with E-state index in [1.54, 1.807) is 0 Å². The number of nitrogens with zero attached hydrogens (tertiary/aromatic N) is 2. The van der Waals surface area contributed by atoms with Gasteiger partial charge in [-0.1, -0.05) is 0 Å². The second kappa shape index (κ2) is 6.41. The van der Waals surface area contributed by atoms with Crippen molar-refractivity contribution in [1.82, 2.24) is 10.2 Å². The van der Waals surface area contributed by atoms with Crippen LogP contribution >= 0.6 is 24.0 Å². The Hall–Kier alpha value is -0.0400. The van der Waals surface area contributed by atoms with Gasteiger partial charge in [-0.2, -0.15) is 0 Å². The molecule has 2 fully saturated rings. The predicted molar refractivity (Wildman–Crippen MR) is 87.5 cm³/mol. The van der Waals surface area contributed by atoms with E-state index in [2.05, 4.69) is 36.0 Å². The van der Waals surface area contributed by atoms with E-state index >= 15 is 0 Å². The van der Waals surface area contributed by atoms with Crippen molar-refractivity contribution >= 4 is 29.9 Å². The molecule has 0 radical (unpaired) electrons. The number of hydrogen-bond donors (Lipinski definition) is 2. The van der Waals surface area contributed by atoms with E-state index < -0.39 is 0 Å². The molecule has 0 aromatic rings. The third-order valence-corrected chi connectivity index (χ3v) is 3.40. The number of aliphatic imine (C=N–C) groups is 1. The molecule has 0 spiro atoms. The van der Waals surface area contributed by atoms with Gasteiger partial charge in [-0.3, -0.25) is 4.99 Å². The van der Waals surface area contributed by atoms with Crippen molar-refractivity contribution in [2.45, 2.75) is 51.6 Å². The van der Waals surface area contributed by atoms with E-state index in [1.807, 2.05) is 0 Å². The molecule has 0 aromatic heterocycles. The van der Waals surface area contributed by atoms with Crippen LogP contribution in [-0.2, 0) is 0 Å². The normalized spacial score (nSPS) is 25.9. The van der Waals surface area contributed by atoms with Crippen molar-refractivity contribution in [3.05, 3.63) is 0 Å². The van der Waals surface area contributed by atoms with Gasteiger partial charge in [-0.25, -0.2) is 0 Å². The monoisotopic (exact) mass is 366 g/mol. The van der Waals surface area contributed by atoms with E-state index in [9.17, 15) is 0 Å². The Balaban J connectivity index is 0.00000162. The highest BCUT2D eigenvalue weighted by Crippen LogP contribution is 2.31. The summed E-state index contributed by atoms with van der Waals surface area (Å²) in [6, 6.07) is 0.897. The van der Waals surface area contributed by atoms with Crippen LogP contribution in [0.15, 0.2) is 4.99 Å². The second-order valence-electron chi connectivity index (χ2n) is 6.48. The van der Waals surface area contributed by atoms with Crippen molar-refractivity contribution in [2.24, 2.45) is 16.6 Å². The lowest BCUT2D eigenvalue weighted by atomic mass is 10.1. The van der Waals surface area contributed by atoms with Gasteiger partial charge < -0.3 is 16.0 Å². The lowest BCUT2D eigenvalue weighted by molar-refractivity contribution is 0.315. The Bertz CT molecular complexity index is 294. The summed E-state index contributed by atoms with van der Waals surface area (Å²) in [5, 5.41) is 3.20. The van der Waals surface area contributed by atoms with E-state index in [4.69, 9.17) is 5.73 Å². The first kappa shape index (κ1) is 16.0. The van der Waals surface area contributed by atoms with Crippen LogP contribution in [-0.4, -0.2) is 42.1 Å². The van der Waals surface area contributed by atoms with Crippen molar-refractivity contribution < 1.29 is 0 Å². The molecule has 1 saturated heterocycles. The number of guanidine groups is 1. The minimum atomic E-state index is 0. The van der Waals surface area contributed by atoms with Crippen LogP contribution in [0, 0.1) is 5.92 Å². The summed E-state index contributed by atoms with van der Waals surface area (Å²) in [6.07, 6.45) is 4.09. The molecule has 3 N–H and O–H groups in total. The zero-order chi connectivity index (χ0) is 12.5. The Morgan fingerprint density at radius 3 is 2.56 bits per heavy atom. The third-order valence-electron chi connectivity index (χ3n) is 3.40. The third kappa shape index (κ3) is 5.30.